The highest BCUT2D eigenvalue weighted by atomic mass is 19.4. The van der Waals surface area contributed by atoms with Crippen molar-refractivity contribution in [3.63, 3.8) is 0 Å². The molecule has 0 saturated carbocycles. The van der Waals surface area contributed by atoms with Crippen molar-refractivity contribution in [3.05, 3.63) is 34.9 Å². The van der Waals surface area contributed by atoms with Crippen molar-refractivity contribution in [2.24, 2.45) is 0 Å². The molecular weight excluding hydrogens is 249 g/mol. The topological polar surface area (TPSA) is 60.7 Å². The summed E-state index contributed by atoms with van der Waals surface area (Å²) in [6.45, 7) is 1.12. The third-order valence-electron chi connectivity index (χ3n) is 2.71. The summed E-state index contributed by atoms with van der Waals surface area (Å²) in [6.07, 6.45) is -6.98. The molecule has 3 N–H and O–H groups in total. The van der Waals surface area contributed by atoms with Gasteiger partial charge in [-0.3, -0.25) is 0 Å². The summed E-state index contributed by atoms with van der Waals surface area (Å²) in [4.78, 5) is 0. The van der Waals surface area contributed by atoms with Gasteiger partial charge >= 0.3 is 6.18 Å². The predicted octanol–water partition coefficient (Wildman–Crippen LogP) is 1.79. The minimum atomic E-state index is -4.43. The summed E-state index contributed by atoms with van der Waals surface area (Å²) in [7, 11) is 0. The minimum Gasteiger partial charge on any atom is -0.396 e. The van der Waals surface area contributed by atoms with Crippen molar-refractivity contribution < 1.29 is 28.5 Å². The molecule has 6 heteroatoms. The molecule has 18 heavy (non-hydrogen) atoms. The molecule has 2 atom stereocenters. The monoisotopic (exact) mass is 264 g/mol. The Balaban J connectivity index is 2.99. The van der Waals surface area contributed by atoms with Gasteiger partial charge < -0.3 is 15.3 Å². The normalized spacial score (nSPS) is 15.5. The van der Waals surface area contributed by atoms with Crippen LogP contribution < -0.4 is 0 Å². The third-order valence-corrected chi connectivity index (χ3v) is 2.71. The first-order chi connectivity index (χ1) is 8.27. The van der Waals surface area contributed by atoms with Crippen LogP contribution in [-0.2, 0) is 6.18 Å². The standard InChI is InChI=1S/C12H15F3O3/c1-7-6-8(12(13,14)15)2-3-9(7)11(18)10(17)4-5-16/h2-3,6,10-11,16-18H,4-5H2,1H3. The molecule has 0 aliphatic carbocycles. The summed E-state index contributed by atoms with van der Waals surface area (Å²) in [5, 5.41) is 27.9. The lowest BCUT2D eigenvalue weighted by Gasteiger charge is -2.20. The molecule has 3 nitrogen and oxygen atoms in total. The summed E-state index contributed by atoms with van der Waals surface area (Å²) < 4.78 is 37.3. The second kappa shape index (κ2) is 5.69. The maximum absolute atomic E-state index is 12.4. The van der Waals surface area contributed by atoms with Gasteiger partial charge in [-0.2, -0.15) is 13.2 Å². The second-order valence-electron chi connectivity index (χ2n) is 4.09. The van der Waals surface area contributed by atoms with Gasteiger partial charge in [0.2, 0.25) is 0 Å². The van der Waals surface area contributed by atoms with Crippen LogP contribution in [-0.4, -0.2) is 28.0 Å². The maximum atomic E-state index is 12.4. The van der Waals surface area contributed by atoms with Crippen molar-refractivity contribution in [2.45, 2.75) is 31.7 Å². The van der Waals surface area contributed by atoms with E-state index in [-0.39, 0.29) is 24.2 Å². The van der Waals surface area contributed by atoms with Crippen LogP contribution in [0.4, 0.5) is 13.2 Å². The molecule has 0 amide bonds. The molecule has 0 aromatic heterocycles. The van der Waals surface area contributed by atoms with E-state index >= 15 is 0 Å². The molecule has 102 valence electrons. The molecule has 0 aliphatic rings. The van der Waals surface area contributed by atoms with Gasteiger partial charge in [0.05, 0.1) is 11.7 Å². The quantitative estimate of drug-likeness (QED) is 0.777. The zero-order valence-corrected chi connectivity index (χ0v) is 9.78. The van der Waals surface area contributed by atoms with Crippen LogP contribution in [0, 0.1) is 6.92 Å². The number of halogens is 3. The summed E-state index contributed by atoms with van der Waals surface area (Å²) in [5.41, 5.74) is -0.328. The second-order valence-corrected chi connectivity index (χ2v) is 4.09. The van der Waals surface area contributed by atoms with Gasteiger partial charge in [-0.15, -0.1) is 0 Å². The van der Waals surface area contributed by atoms with Gasteiger partial charge in [-0.25, -0.2) is 0 Å². The third kappa shape index (κ3) is 3.44. The molecule has 0 heterocycles. The van der Waals surface area contributed by atoms with Crippen LogP contribution >= 0.6 is 0 Å². The molecule has 0 fully saturated rings. The fourth-order valence-electron chi connectivity index (χ4n) is 1.68. The lowest BCUT2D eigenvalue weighted by molar-refractivity contribution is -0.137. The molecule has 0 radical (unpaired) electrons. The van der Waals surface area contributed by atoms with Crippen molar-refractivity contribution in [2.75, 3.05) is 6.61 Å². The van der Waals surface area contributed by atoms with Crippen LogP contribution in [0.2, 0.25) is 0 Å². The Morgan fingerprint density at radius 3 is 2.28 bits per heavy atom. The predicted molar refractivity (Wildman–Crippen MR) is 58.9 cm³/mol. The van der Waals surface area contributed by atoms with E-state index in [0.717, 1.165) is 18.2 Å². The minimum absolute atomic E-state index is 0.0401. The fourth-order valence-corrected chi connectivity index (χ4v) is 1.68. The van der Waals surface area contributed by atoms with Gasteiger partial charge in [-0.05, 0) is 36.6 Å². The van der Waals surface area contributed by atoms with E-state index in [1.54, 1.807) is 0 Å². The van der Waals surface area contributed by atoms with Crippen LogP contribution in [0.15, 0.2) is 18.2 Å². The van der Waals surface area contributed by atoms with Crippen molar-refractivity contribution in [1.82, 2.24) is 0 Å². The highest BCUT2D eigenvalue weighted by Crippen LogP contribution is 2.32. The first-order valence-corrected chi connectivity index (χ1v) is 5.42. The van der Waals surface area contributed by atoms with Crippen LogP contribution in [0.3, 0.4) is 0 Å². The Hall–Kier alpha value is -1.11. The summed E-state index contributed by atoms with van der Waals surface area (Å²) >= 11 is 0. The highest BCUT2D eigenvalue weighted by molar-refractivity contribution is 5.34. The number of rotatable bonds is 4. The Kier molecular flexibility index (Phi) is 4.72. The van der Waals surface area contributed by atoms with E-state index in [1.807, 2.05) is 0 Å². The Labute approximate surface area is 103 Å². The number of aliphatic hydroxyl groups excluding tert-OH is 3. The van der Waals surface area contributed by atoms with Gasteiger partial charge in [-0.1, -0.05) is 6.07 Å². The van der Waals surface area contributed by atoms with E-state index < -0.39 is 23.9 Å². The first-order valence-electron chi connectivity index (χ1n) is 5.42. The van der Waals surface area contributed by atoms with E-state index in [1.165, 1.54) is 6.92 Å². The summed E-state index contributed by atoms with van der Waals surface area (Å²) in [6, 6.07) is 2.92. The molecule has 2 unspecified atom stereocenters. The fraction of sp³-hybridized carbons (Fsp3) is 0.500. The van der Waals surface area contributed by atoms with E-state index in [9.17, 15) is 23.4 Å². The van der Waals surface area contributed by atoms with Crippen LogP contribution in [0.5, 0.6) is 0 Å². The van der Waals surface area contributed by atoms with Crippen molar-refractivity contribution in [3.8, 4) is 0 Å². The number of hydrogen-bond acceptors (Lipinski definition) is 3. The number of alkyl halides is 3. The first kappa shape index (κ1) is 14.9. The van der Waals surface area contributed by atoms with Crippen molar-refractivity contribution in [1.29, 1.82) is 0 Å². The lowest BCUT2D eigenvalue weighted by Crippen LogP contribution is -2.20. The molecule has 0 saturated heterocycles. The smallest absolute Gasteiger partial charge is 0.396 e. The van der Waals surface area contributed by atoms with Gasteiger partial charge in [0, 0.05) is 6.61 Å². The SMILES string of the molecule is Cc1cc(C(F)(F)F)ccc1C(O)C(O)CCO. The van der Waals surface area contributed by atoms with Gasteiger partial charge in [0.1, 0.15) is 6.10 Å². The number of hydrogen-bond donors (Lipinski definition) is 3. The van der Waals surface area contributed by atoms with E-state index in [4.69, 9.17) is 5.11 Å². The lowest BCUT2D eigenvalue weighted by atomic mass is 9.96. The van der Waals surface area contributed by atoms with E-state index in [2.05, 4.69) is 0 Å². The Morgan fingerprint density at radius 2 is 1.83 bits per heavy atom. The number of aliphatic hydroxyl groups is 3. The van der Waals surface area contributed by atoms with Crippen LogP contribution in [0.25, 0.3) is 0 Å². The molecule has 1 aromatic carbocycles. The zero-order chi connectivity index (χ0) is 13.9. The Morgan fingerprint density at radius 1 is 1.22 bits per heavy atom. The maximum Gasteiger partial charge on any atom is 0.416 e. The highest BCUT2D eigenvalue weighted by Gasteiger charge is 2.31. The number of aryl methyl sites for hydroxylation is 1. The molecular formula is C12H15F3O3. The Bertz CT molecular complexity index is 404. The van der Waals surface area contributed by atoms with Gasteiger partial charge in [0.15, 0.2) is 0 Å². The van der Waals surface area contributed by atoms with E-state index in [0.29, 0.717) is 0 Å². The molecule has 1 aromatic rings. The average molecular weight is 264 g/mol. The van der Waals surface area contributed by atoms with Gasteiger partial charge in [0.25, 0.3) is 0 Å². The number of benzene rings is 1. The average Bonchev–Trinajstić information content (AvgIpc) is 2.27. The molecule has 0 aliphatic heterocycles. The summed E-state index contributed by atoms with van der Waals surface area (Å²) in [5.74, 6) is 0. The van der Waals surface area contributed by atoms with Crippen LogP contribution in [0.1, 0.15) is 29.2 Å². The molecule has 0 spiro atoms. The largest absolute Gasteiger partial charge is 0.416 e. The molecule has 0 bridgehead atoms. The molecule has 1 rings (SSSR count). The zero-order valence-electron chi connectivity index (χ0n) is 9.78. The van der Waals surface area contributed by atoms with Crippen molar-refractivity contribution >= 4 is 0 Å².